The van der Waals surface area contributed by atoms with Crippen LogP contribution < -0.4 is 15.4 Å². The van der Waals surface area contributed by atoms with Crippen LogP contribution in [0.5, 0.6) is 0 Å². The Labute approximate surface area is 178 Å². The number of carbonyl (C=O) groups is 3. The Hall–Kier alpha value is -2.18. The normalized spacial score (nSPS) is 12.4. The van der Waals surface area contributed by atoms with Gasteiger partial charge in [0.05, 0.1) is 6.54 Å². The summed E-state index contributed by atoms with van der Waals surface area (Å²) in [4.78, 5) is 36.2. The topological polar surface area (TPSA) is 134 Å². The fraction of sp³-hybridized carbons (Fsp3) is 0.471. The van der Waals surface area contributed by atoms with Crippen LogP contribution >= 0.6 is 15.9 Å². The molecule has 0 aromatic heterocycles. The maximum Gasteiger partial charge on any atom is 0.412 e. The number of amides is 3. The maximum absolute atomic E-state index is 12.4. The van der Waals surface area contributed by atoms with Gasteiger partial charge in [0.15, 0.2) is 6.10 Å². The van der Waals surface area contributed by atoms with Gasteiger partial charge in [-0.05, 0) is 36.6 Å². The molecule has 3 N–H and O–H groups in total. The molecule has 1 aromatic rings. The molecule has 0 fully saturated rings. The zero-order chi connectivity index (χ0) is 22.2. The summed E-state index contributed by atoms with van der Waals surface area (Å²) in [5, 5.41) is 4.79. The van der Waals surface area contributed by atoms with E-state index in [0.717, 1.165) is 8.78 Å². The smallest absolute Gasteiger partial charge is 0.412 e. The third kappa shape index (κ3) is 9.24. The zero-order valence-corrected chi connectivity index (χ0v) is 19.0. The van der Waals surface area contributed by atoms with Gasteiger partial charge >= 0.3 is 16.3 Å². The van der Waals surface area contributed by atoms with E-state index >= 15 is 0 Å². The van der Waals surface area contributed by atoms with Crippen LogP contribution in [0.2, 0.25) is 0 Å². The summed E-state index contributed by atoms with van der Waals surface area (Å²) in [6, 6.07) is 6.76. The van der Waals surface area contributed by atoms with Crippen molar-refractivity contribution in [2.75, 3.05) is 26.0 Å². The van der Waals surface area contributed by atoms with Gasteiger partial charge in [-0.3, -0.25) is 14.9 Å². The first kappa shape index (κ1) is 24.9. The monoisotopic (exact) mass is 492 g/mol. The Morgan fingerprint density at radius 2 is 1.72 bits per heavy atom. The van der Waals surface area contributed by atoms with Crippen LogP contribution in [0.15, 0.2) is 28.7 Å². The second-order valence-corrected chi connectivity index (χ2v) is 9.49. The third-order valence-corrected chi connectivity index (χ3v) is 5.44. The van der Waals surface area contributed by atoms with Crippen LogP contribution in [0, 0.1) is 5.92 Å². The predicted molar refractivity (Wildman–Crippen MR) is 111 cm³/mol. The first-order valence-corrected chi connectivity index (χ1v) is 10.9. The van der Waals surface area contributed by atoms with Gasteiger partial charge < -0.3 is 10.1 Å². The molecule has 1 aromatic carbocycles. The van der Waals surface area contributed by atoms with Gasteiger partial charge in [-0.25, -0.2) is 9.52 Å². The van der Waals surface area contributed by atoms with Gasteiger partial charge in [0.25, 0.3) is 11.8 Å². The molecule has 0 saturated heterocycles. The summed E-state index contributed by atoms with van der Waals surface area (Å²) >= 11 is 3.28. The number of anilines is 1. The van der Waals surface area contributed by atoms with E-state index in [1.807, 2.05) is 13.8 Å². The highest BCUT2D eigenvalue weighted by Gasteiger charge is 2.25. The van der Waals surface area contributed by atoms with Crippen molar-refractivity contribution in [3.05, 3.63) is 28.7 Å². The molecular weight excluding hydrogens is 468 g/mol. The molecule has 0 unspecified atom stereocenters. The zero-order valence-electron chi connectivity index (χ0n) is 16.6. The van der Waals surface area contributed by atoms with Crippen LogP contribution in [-0.4, -0.2) is 57.4 Å². The van der Waals surface area contributed by atoms with E-state index in [1.54, 1.807) is 29.0 Å². The van der Waals surface area contributed by atoms with E-state index in [0.29, 0.717) is 5.69 Å². The minimum Gasteiger partial charge on any atom is -0.436 e. The number of nitrogens with zero attached hydrogens (tertiary/aromatic N) is 1. The number of hydrogen-bond donors (Lipinski definition) is 3. The number of carbonyl (C=O) groups excluding carboxylic acids is 3. The molecule has 0 heterocycles. The fourth-order valence-electron chi connectivity index (χ4n) is 2.00. The molecule has 1 rings (SSSR count). The van der Waals surface area contributed by atoms with Crippen molar-refractivity contribution in [2.45, 2.75) is 26.4 Å². The number of ether oxygens (including phenoxy) is 1. The molecular formula is C17H25BrN4O6S. The molecule has 0 aliphatic rings. The quantitative estimate of drug-likeness (QED) is 0.477. The summed E-state index contributed by atoms with van der Waals surface area (Å²) < 4.78 is 31.9. The second-order valence-electron chi connectivity index (χ2n) is 6.69. The lowest BCUT2D eigenvalue weighted by atomic mass is 10.1. The summed E-state index contributed by atoms with van der Waals surface area (Å²) in [6.07, 6.45) is -1.76. The number of rotatable bonds is 9. The number of benzene rings is 1. The van der Waals surface area contributed by atoms with Gasteiger partial charge in [0.2, 0.25) is 0 Å². The van der Waals surface area contributed by atoms with Crippen LogP contribution in [0.3, 0.4) is 0 Å². The van der Waals surface area contributed by atoms with Crippen LogP contribution in [-0.2, 0) is 24.5 Å². The Kier molecular flexibility index (Phi) is 9.53. The SMILES string of the molecule is CC(C)C[C@H](OC(=O)Nc1ccc(Br)cc1)C(=O)NCC(=O)NS(=O)(=O)N(C)C. The van der Waals surface area contributed by atoms with Crippen molar-refractivity contribution in [1.82, 2.24) is 14.3 Å². The lowest BCUT2D eigenvalue weighted by Crippen LogP contribution is -2.47. The molecule has 162 valence electrons. The average Bonchev–Trinajstić information content (AvgIpc) is 2.60. The molecule has 1 atom stereocenters. The molecule has 0 radical (unpaired) electrons. The Morgan fingerprint density at radius 1 is 1.14 bits per heavy atom. The molecule has 0 saturated carbocycles. The van der Waals surface area contributed by atoms with Crippen LogP contribution in [0.25, 0.3) is 0 Å². The summed E-state index contributed by atoms with van der Waals surface area (Å²) in [7, 11) is -1.45. The van der Waals surface area contributed by atoms with Crippen molar-refractivity contribution in [2.24, 2.45) is 5.92 Å². The summed E-state index contributed by atoms with van der Waals surface area (Å²) in [5.41, 5.74) is 0.482. The molecule has 0 bridgehead atoms. The largest absolute Gasteiger partial charge is 0.436 e. The van der Waals surface area contributed by atoms with E-state index in [4.69, 9.17) is 4.74 Å². The minimum absolute atomic E-state index is 0.0224. The highest BCUT2D eigenvalue weighted by Crippen LogP contribution is 2.15. The van der Waals surface area contributed by atoms with Gasteiger partial charge in [-0.1, -0.05) is 29.8 Å². The fourth-order valence-corrected chi connectivity index (χ4v) is 2.81. The first-order valence-electron chi connectivity index (χ1n) is 8.64. The van der Waals surface area contributed by atoms with Crippen LogP contribution in [0.4, 0.5) is 10.5 Å². The van der Waals surface area contributed by atoms with Crippen LogP contribution in [0.1, 0.15) is 20.3 Å². The third-order valence-electron chi connectivity index (χ3n) is 3.46. The van der Waals surface area contributed by atoms with Gasteiger partial charge in [-0.2, -0.15) is 12.7 Å². The number of nitrogens with one attached hydrogen (secondary N) is 3. The van der Waals surface area contributed by atoms with E-state index < -0.39 is 40.8 Å². The van der Waals surface area contributed by atoms with E-state index in [-0.39, 0.29) is 12.3 Å². The number of hydrogen-bond acceptors (Lipinski definition) is 6. The Balaban J connectivity index is 2.66. The standard InChI is InChI=1S/C17H25BrN4O6S/c1-11(2)9-14(28-17(25)20-13-7-5-12(18)6-8-13)16(24)19-10-15(23)21-29(26,27)22(3)4/h5-8,11,14H,9-10H2,1-4H3,(H,19,24)(H,20,25)(H,21,23)/t14-/m0/s1. The Bertz CT molecular complexity index is 827. The molecule has 3 amide bonds. The first-order chi connectivity index (χ1) is 13.4. The highest BCUT2D eigenvalue weighted by molar-refractivity contribution is 9.10. The van der Waals surface area contributed by atoms with E-state index in [2.05, 4.69) is 26.6 Å². The molecule has 0 aliphatic heterocycles. The van der Waals surface area contributed by atoms with E-state index in [1.165, 1.54) is 14.1 Å². The molecule has 12 heteroatoms. The molecule has 29 heavy (non-hydrogen) atoms. The molecule has 0 spiro atoms. The van der Waals surface area contributed by atoms with Crippen molar-refractivity contribution in [3.8, 4) is 0 Å². The lowest BCUT2D eigenvalue weighted by Gasteiger charge is -2.19. The average molecular weight is 493 g/mol. The Morgan fingerprint density at radius 3 is 2.24 bits per heavy atom. The summed E-state index contributed by atoms with van der Waals surface area (Å²) in [5.74, 6) is -1.61. The van der Waals surface area contributed by atoms with Crippen molar-refractivity contribution < 1.29 is 27.5 Å². The van der Waals surface area contributed by atoms with Crippen molar-refractivity contribution >= 4 is 49.7 Å². The van der Waals surface area contributed by atoms with Gasteiger partial charge in [0.1, 0.15) is 0 Å². The predicted octanol–water partition coefficient (Wildman–Crippen LogP) is 1.45. The molecule has 10 nitrogen and oxygen atoms in total. The minimum atomic E-state index is -3.96. The van der Waals surface area contributed by atoms with Gasteiger partial charge in [0, 0.05) is 24.3 Å². The van der Waals surface area contributed by atoms with Crippen molar-refractivity contribution in [1.29, 1.82) is 0 Å². The van der Waals surface area contributed by atoms with Gasteiger partial charge in [-0.15, -0.1) is 0 Å². The lowest BCUT2D eigenvalue weighted by molar-refractivity contribution is -0.132. The second kappa shape index (κ2) is 11.1. The van der Waals surface area contributed by atoms with Crippen molar-refractivity contribution in [3.63, 3.8) is 0 Å². The highest BCUT2D eigenvalue weighted by atomic mass is 79.9. The summed E-state index contributed by atoms with van der Waals surface area (Å²) in [6.45, 7) is 3.09. The molecule has 0 aliphatic carbocycles. The van der Waals surface area contributed by atoms with E-state index in [9.17, 15) is 22.8 Å². The maximum atomic E-state index is 12.4. The number of halogens is 1.